The molecule has 144 valence electrons. The Bertz CT molecular complexity index is 1180. The zero-order valence-electron chi connectivity index (χ0n) is 16.2. The summed E-state index contributed by atoms with van der Waals surface area (Å²) in [6, 6.07) is 15.9. The minimum atomic E-state index is -0.0208. The standard InChI is InChI=1S/C24H22N4O/c1-16-7-8-18(13-21(16)17-14-26-23-6-4-12-28(23)15-17)27-24(29)20-10-9-19(20)22-5-2-3-11-25-22/h2-8,11-15,19-20H,9-10H2,1H3,(H,27,29)/t19-,20?/m1/s1. The highest BCUT2D eigenvalue weighted by Crippen LogP contribution is 2.42. The molecule has 1 aliphatic carbocycles. The summed E-state index contributed by atoms with van der Waals surface area (Å²) in [5, 5.41) is 3.12. The van der Waals surface area contributed by atoms with Gasteiger partial charge < -0.3 is 9.72 Å². The lowest BCUT2D eigenvalue weighted by Crippen LogP contribution is -2.35. The first-order chi connectivity index (χ1) is 14.2. The number of anilines is 1. The molecule has 5 heteroatoms. The van der Waals surface area contributed by atoms with Crippen LogP contribution in [0.25, 0.3) is 16.8 Å². The average molecular weight is 382 g/mol. The Morgan fingerprint density at radius 2 is 2.03 bits per heavy atom. The third-order valence-electron chi connectivity index (χ3n) is 5.87. The minimum Gasteiger partial charge on any atom is -0.326 e. The van der Waals surface area contributed by atoms with Crippen LogP contribution in [0.2, 0.25) is 0 Å². The summed E-state index contributed by atoms with van der Waals surface area (Å²) in [5.74, 6) is 0.259. The normalized spacial score (nSPS) is 18.4. The molecule has 29 heavy (non-hydrogen) atoms. The molecule has 3 aromatic heterocycles. The molecule has 5 rings (SSSR count). The Balaban J connectivity index is 1.38. The van der Waals surface area contributed by atoms with Crippen molar-refractivity contribution >= 4 is 17.2 Å². The molecule has 5 nitrogen and oxygen atoms in total. The van der Waals surface area contributed by atoms with E-state index in [1.807, 2.05) is 65.3 Å². The predicted octanol–water partition coefficient (Wildman–Crippen LogP) is 4.84. The topological polar surface area (TPSA) is 59.3 Å². The number of benzene rings is 1. The summed E-state index contributed by atoms with van der Waals surface area (Å²) in [4.78, 5) is 21.8. The van der Waals surface area contributed by atoms with Crippen molar-refractivity contribution in [1.82, 2.24) is 14.4 Å². The lowest BCUT2D eigenvalue weighted by Gasteiger charge is -2.35. The van der Waals surface area contributed by atoms with E-state index in [2.05, 4.69) is 28.4 Å². The number of hydrogen-bond acceptors (Lipinski definition) is 3. The van der Waals surface area contributed by atoms with E-state index in [0.717, 1.165) is 46.6 Å². The van der Waals surface area contributed by atoms with Gasteiger partial charge in [-0.05, 0) is 67.3 Å². The molecule has 1 fully saturated rings. The van der Waals surface area contributed by atoms with Gasteiger partial charge in [0.05, 0.1) is 0 Å². The molecular formula is C24H22N4O. The van der Waals surface area contributed by atoms with E-state index in [4.69, 9.17) is 0 Å². The number of amides is 1. The largest absolute Gasteiger partial charge is 0.326 e. The van der Waals surface area contributed by atoms with Crippen LogP contribution in [0, 0.1) is 12.8 Å². The lowest BCUT2D eigenvalue weighted by molar-refractivity contribution is -0.123. The minimum absolute atomic E-state index is 0.0208. The van der Waals surface area contributed by atoms with E-state index in [1.54, 1.807) is 6.20 Å². The van der Waals surface area contributed by atoms with E-state index >= 15 is 0 Å². The van der Waals surface area contributed by atoms with Gasteiger partial charge in [0.2, 0.25) is 5.91 Å². The van der Waals surface area contributed by atoms with Gasteiger partial charge >= 0.3 is 0 Å². The Hall–Kier alpha value is -3.47. The van der Waals surface area contributed by atoms with Gasteiger partial charge in [0.1, 0.15) is 5.65 Å². The molecule has 3 heterocycles. The van der Waals surface area contributed by atoms with Crippen molar-refractivity contribution in [1.29, 1.82) is 0 Å². The second-order valence-corrected chi connectivity index (χ2v) is 7.68. The monoisotopic (exact) mass is 382 g/mol. The van der Waals surface area contributed by atoms with Crippen molar-refractivity contribution < 1.29 is 4.79 Å². The summed E-state index contributed by atoms with van der Waals surface area (Å²) >= 11 is 0. The number of aryl methyl sites for hydroxylation is 1. The highest BCUT2D eigenvalue weighted by atomic mass is 16.1. The second-order valence-electron chi connectivity index (χ2n) is 7.68. The van der Waals surface area contributed by atoms with Gasteiger partial charge in [-0.3, -0.25) is 9.78 Å². The summed E-state index contributed by atoms with van der Waals surface area (Å²) in [7, 11) is 0. The van der Waals surface area contributed by atoms with E-state index in [-0.39, 0.29) is 17.7 Å². The Kier molecular flexibility index (Phi) is 4.35. The third-order valence-corrected chi connectivity index (χ3v) is 5.87. The maximum atomic E-state index is 12.9. The predicted molar refractivity (Wildman–Crippen MR) is 114 cm³/mol. The number of aromatic nitrogens is 3. The summed E-state index contributed by atoms with van der Waals surface area (Å²) in [6.07, 6.45) is 9.65. The van der Waals surface area contributed by atoms with Crippen molar-refractivity contribution in [2.75, 3.05) is 5.32 Å². The first-order valence-electron chi connectivity index (χ1n) is 9.94. The van der Waals surface area contributed by atoms with Crippen molar-refractivity contribution in [3.05, 3.63) is 84.6 Å². The van der Waals surface area contributed by atoms with E-state index < -0.39 is 0 Å². The quantitative estimate of drug-likeness (QED) is 0.550. The van der Waals surface area contributed by atoms with Crippen LogP contribution in [0.4, 0.5) is 5.69 Å². The van der Waals surface area contributed by atoms with Crippen LogP contribution < -0.4 is 5.32 Å². The highest BCUT2D eigenvalue weighted by Gasteiger charge is 2.38. The van der Waals surface area contributed by atoms with Gasteiger partial charge in [-0.15, -0.1) is 0 Å². The van der Waals surface area contributed by atoms with Gasteiger partial charge in [-0.1, -0.05) is 12.1 Å². The van der Waals surface area contributed by atoms with Crippen molar-refractivity contribution in [3.63, 3.8) is 0 Å². The fourth-order valence-electron chi connectivity index (χ4n) is 4.07. The van der Waals surface area contributed by atoms with Crippen LogP contribution in [0.5, 0.6) is 0 Å². The molecule has 0 radical (unpaired) electrons. The zero-order valence-corrected chi connectivity index (χ0v) is 16.2. The van der Waals surface area contributed by atoms with Crippen LogP contribution in [-0.4, -0.2) is 20.3 Å². The van der Waals surface area contributed by atoms with Crippen LogP contribution >= 0.6 is 0 Å². The molecule has 0 spiro atoms. The highest BCUT2D eigenvalue weighted by molar-refractivity contribution is 5.94. The first kappa shape index (κ1) is 17.6. The number of nitrogens with one attached hydrogen (secondary N) is 1. The Labute approximate surface area is 169 Å². The second kappa shape index (κ2) is 7.17. The number of fused-ring (bicyclic) bond motifs is 1. The van der Waals surface area contributed by atoms with Crippen LogP contribution in [0.15, 0.2) is 73.3 Å². The molecule has 1 saturated carbocycles. The molecule has 1 aliphatic rings. The van der Waals surface area contributed by atoms with Crippen LogP contribution in [0.1, 0.15) is 30.0 Å². The molecule has 1 amide bonds. The molecule has 0 aliphatic heterocycles. The van der Waals surface area contributed by atoms with Gasteiger partial charge in [0, 0.05) is 53.6 Å². The number of pyridine rings is 1. The number of hydrogen-bond donors (Lipinski definition) is 1. The number of carbonyl (C=O) groups excluding carboxylic acids is 1. The molecular weight excluding hydrogens is 360 g/mol. The van der Waals surface area contributed by atoms with Crippen molar-refractivity contribution in [3.8, 4) is 11.1 Å². The van der Waals surface area contributed by atoms with Gasteiger partial charge in [0.25, 0.3) is 0 Å². The van der Waals surface area contributed by atoms with Crippen molar-refractivity contribution in [2.45, 2.75) is 25.7 Å². The fourth-order valence-corrected chi connectivity index (χ4v) is 4.07. The van der Waals surface area contributed by atoms with Crippen LogP contribution in [0.3, 0.4) is 0 Å². The average Bonchev–Trinajstić information content (AvgIpc) is 3.17. The zero-order chi connectivity index (χ0) is 19.8. The van der Waals surface area contributed by atoms with Gasteiger partial charge in [-0.2, -0.15) is 0 Å². The van der Waals surface area contributed by atoms with Gasteiger partial charge in [-0.25, -0.2) is 4.98 Å². The van der Waals surface area contributed by atoms with Gasteiger partial charge in [0.15, 0.2) is 0 Å². The SMILES string of the molecule is Cc1ccc(NC(=O)C2CC[C@H]2c2ccccn2)cc1-c1cnc2cccn2c1. The molecule has 2 atom stereocenters. The van der Waals surface area contributed by atoms with E-state index in [0.29, 0.717) is 0 Å². The first-order valence-corrected chi connectivity index (χ1v) is 9.94. The maximum absolute atomic E-state index is 12.9. The van der Waals surface area contributed by atoms with Crippen molar-refractivity contribution in [2.24, 2.45) is 5.92 Å². The number of nitrogens with zero attached hydrogens (tertiary/aromatic N) is 3. The molecule has 0 saturated heterocycles. The fraction of sp³-hybridized carbons (Fsp3) is 0.208. The smallest absolute Gasteiger partial charge is 0.228 e. The number of carbonyl (C=O) groups is 1. The summed E-state index contributed by atoms with van der Waals surface area (Å²) < 4.78 is 2.01. The summed E-state index contributed by atoms with van der Waals surface area (Å²) in [5.41, 5.74) is 5.98. The van der Waals surface area contributed by atoms with E-state index in [9.17, 15) is 4.79 Å². The summed E-state index contributed by atoms with van der Waals surface area (Å²) in [6.45, 7) is 2.07. The molecule has 1 unspecified atom stereocenters. The lowest BCUT2D eigenvalue weighted by atomic mass is 9.71. The molecule has 0 bridgehead atoms. The van der Waals surface area contributed by atoms with E-state index in [1.165, 1.54) is 0 Å². The third kappa shape index (κ3) is 3.29. The molecule has 1 N–H and O–H groups in total. The maximum Gasteiger partial charge on any atom is 0.228 e. The Morgan fingerprint density at radius 1 is 1.10 bits per heavy atom. The number of rotatable bonds is 4. The molecule has 4 aromatic rings. The molecule has 1 aromatic carbocycles. The Morgan fingerprint density at radius 3 is 2.83 bits per heavy atom. The van der Waals surface area contributed by atoms with Crippen LogP contribution in [-0.2, 0) is 4.79 Å².